The summed E-state index contributed by atoms with van der Waals surface area (Å²) in [6.07, 6.45) is 1.59. The van der Waals surface area contributed by atoms with E-state index in [1.165, 1.54) is 0 Å². The Morgan fingerprint density at radius 2 is 1.73 bits per heavy atom. The normalized spacial score (nSPS) is 14.0. The van der Waals surface area contributed by atoms with Crippen molar-refractivity contribution in [3.63, 3.8) is 0 Å². The molecule has 0 aromatic heterocycles. The summed E-state index contributed by atoms with van der Waals surface area (Å²) in [4.78, 5) is 38.8. The first kappa shape index (κ1) is 25.5. The van der Waals surface area contributed by atoms with Crippen molar-refractivity contribution in [3.8, 4) is 11.5 Å². The Kier molecular flexibility index (Phi) is 7.88. The summed E-state index contributed by atoms with van der Waals surface area (Å²) < 4.78 is 11.4. The Morgan fingerprint density at radius 1 is 0.946 bits per heavy atom. The molecule has 1 aliphatic rings. The zero-order valence-corrected chi connectivity index (χ0v) is 21.0. The van der Waals surface area contributed by atoms with Crippen LogP contribution in [-0.2, 0) is 16.1 Å². The summed E-state index contributed by atoms with van der Waals surface area (Å²) in [5.41, 5.74) is 4.60. The van der Waals surface area contributed by atoms with Gasteiger partial charge in [0.05, 0.1) is 13.2 Å². The van der Waals surface area contributed by atoms with Crippen molar-refractivity contribution in [3.05, 3.63) is 94.7 Å². The summed E-state index contributed by atoms with van der Waals surface area (Å²) in [6.45, 7) is 6.20. The number of rotatable bonds is 9. The third-order valence-corrected chi connectivity index (χ3v) is 5.87. The number of anilines is 1. The molecule has 0 atom stereocenters. The Labute approximate surface area is 215 Å². The highest BCUT2D eigenvalue weighted by molar-refractivity contribution is 6.13. The number of ether oxygens (including phenoxy) is 2. The van der Waals surface area contributed by atoms with Gasteiger partial charge in [-0.2, -0.15) is 0 Å². The van der Waals surface area contributed by atoms with E-state index < -0.39 is 11.9 Å². The smallest absolute Gasteiger partial charge is 0.329 e. The van der Waals surface area contributed by atoms with Gasteiger partial charge in [-0.1, -0.05) is 42.5 Å². The van der Waals surface area contributed by atoms with E-state index in [0.29, 0.717) is 29.4 Å². The highest BCUT2D eigenvalue weighted by Gasteiger charge is 2.33. The predicted molar refractivity (Wildman–Crippen MR) is 141 cm³/mol. The van der Waals surface area contributed by atoms with Crippen LogP contribution < -0.4 is 20.1 Å². The van der Waals surface area contributed by atoms with Gasteiger partial charge < -0.3 is 20.1 Å². The quantitative estimate of drug-likeness (QED) is 0.325. The third kappa shape index (κ3) is 6.35. The lowest BCUT2D eigenvalue weighted by Gasteiger charge is -2.13. The van der Waals surface area contributed by atoms with Crippen molar-refractivity contribution in [1.29, 1.82) is 0 Å². The van der Waals surface area contributed by atoms with Crippen LogP contribution in [0.3, 0.4) is 0 Å². The lowest BCUT2D eigenvalue weighted by atomic mass is 10.1. The largest absolute Gasteiger partial charge is 0.490 e. The van der Waals surface area contributed by atoms with Gasteiger partial charge in [0.25, 0.3) is 11.8 Å². The molecule has 1 heterocycles. The van der Waals surface area contributed by atoms with Crippen molar-refractivity contribution in [2.75, 3.05) is 18.5 Å². The van der Waals surface area contributed by atoms with Gasteiger partial charge in [-0.15, -0.1) is 0 Å². The molecule has 3 aromatic carbocycles. The SMILES string of the molecule is CCOc1cc(/C=C2/NC(=O)N(Cc3ccccc3)C2=O)ccc1OCC(=O)Nc1ccc(C)c(C)c1. The van der Waals surface area contributed by atoms with Crippen molar-refractivity contribution in [2.24, 2.45) is 0 Å². The molecule has 8 heteroatoms. The van der Waals surface area contributed by atoms with Crippen LogP contribution in [0.2, 0.25) is 0 Å². The van der Waals surface area contributed by atoms with Crippen molar-refractivity contribution in [2.45, 2.75) is 27.3 Å². The van der Waals surface area contributed by atoms with Crippen molar-refractivity contribution in [1.82, 2.24) is 10.2 Å². The second-order valence-corrected chi connectivity index (χ2v) is 8.64. The van der Waals surface area contributed by atoms with Crippen LogP contribution in [0, 0.1) is 13.8 Å². The molecule has 1 aliphatic heterocycles. The molecule has 0 radical (unpaired) electrons. The van der Waals surface area contributed by atoms with Gasteiger partial charge in [-0.05, 0) is 73.4 Å². The molecule has 0 spiro atoms. The third-order valence-electron chi connectivity index (χ3n) is 5.87. The van der Waals surface area contributed by atoms with Crippen LogP contribution in [0.4, 0.5) is 10.5 Å². The fraction of sp³-hybridized carbons (Fsp3) is 0.207. The fourth-order valence-corrected chi connectivity index (χ4v) is 3.81. The summed E-state index contributed by atoms with van der Waals surface area (Å²) in [5, 5.41) is 5.46. The molecule has 2 N–H and O–H groups in total. The number of nitrogens with one attached hydrogen (secondary N) is 2. The summed E-state index contributed by atoms with van der Waals surface area (Å²) >= 11 is 0. The highest BCUT2D eigenvalue weighted by atomic mass is 16.5. The first-order valence-electron chi connectivity index (χ1n) is 12.0. The number of nitrogens with zero attached hydrogens (tertiary/aromatic N) is 1. The van der Waals surface area contributed by atoms with Gasteiger partial charge in [0.2, 0.25) is 0 Å². The Hall–Kier alpha value is -4.59. The summed E-state index contributed by atoms with van der Waals surface area (Å²) in [5.74, 6) is 0.116. The van der Waals surface area contributed by atoms with E-state index >= 15 is 0 Å². The lowest BCUT2D eigenvalue weighted by molar-refractivity contribution is -0.123. The number of imide groups is 1. The maximum absolute atomic E-state index is 12.8. The van der Waals surface area contributed by atoms with E-state index in [-0.39, 0.29) is 24.8 Å². The van der Waals surface area contributed by atoms with E-state index in [0.717, 1.165) is 21.6 Å². The maximum Gasteiger partial charge on any atom is 0.329 e. The monoisotopic (exact) mass is 499 g/mol. The molecule has 4 rings (SSSR count). The number of hydrogen-bond donors (Lipinski definition) is 2. The zero-order chi connectivity index (χ0) is 26.4. The van der Waals surface area contributed by atoms with Crippen LogP contribution in [0.25, 0.3) is 6.08 Å². The zero-order valence-electron chi connectivity index (χ0n) is 21.0. The number of aryl methyl sites for hydroxylation is 2. The Morgan fingerprint density at radius 3 is 2.46 bits per heavy atom. The summed E-state index contributed by atoms with van der Waals surface area (Å²) in [6, 6.07) is 19.6. The molecule has 37 heavy (non-hydrogen) atoms. The molecule has 4 amide bonds. The predicted octanol–water partition coefficient (Wildman–Crippen LogP) is 4.81. The van der Waals surface area contributed by atoms with Crippen LogP contribution in [0.5, 0.6) is 11.5 Å². The van der Waals surface area contributed by atoms with Crippen LogP contribution >= 0.6 is 0 Å². The van der Waals surface area contributed by atoms with E-state index in [1.54, 1.807) is 24.3 Å². The highest BCUT2D eigenvalue weighted by Crippen LogP contribution is 2.30. The minimum atomic E-state index is -0.472. The molecular formula is C29H29N3O5. The molecule has 0 unspecified atom stereocenters. The van der Waals surface area contributed by atoms with Crippen LogP contribution in [0.15, 0.2) is 72.4 Å². The molecule has 8 nitrogen and oxygen atoms in total. The minimum absolute atomic E-state index is 0.171. The standard InChI is InChI=1S/C29H29N3O5/c1-4-36-26-16-22(15-24-28(34)32(29(35)31-24)17-21-8-6-5-7-9-21)11-13-25(26)37-18-27(33)30-23-12-10-19(2)20(3)14-23/h5-16H,4,17-18H2,1-3H3,(H,30,33)(H,31,35)/b24-15+. The first-order valence-corrected chi connectivity index (χ1v) is 12.0. The average molecular weight is 500 g/mol. The number of hydrogen-bond acceptors (Lipinski definition) is 5. The summed E-state index contributed by atoms with van der Waals surface area (Å²) in [7, 11) is 0. The van der Waals surface area contributed by atoms with Crippen molar-refractivity contribution >= 4 is 29.6 Å². The Balaban J connectivity index is 1.43. The molecule has 0 saturated carbocycles. The minimum Gasteiger partial charge on any atom is -0.490 e. The fourth-order valence-electron chi connectivity index (χ4n) is 3.81. The van der Waals surface area contributed by atoms with Gasteiger partial charge >= 0.3 is 6.03 Å². The van der Waals surface area contributed by atoms with Gasteiger partial charge in [-0.25, -0.2) is 4.79 Å². The second-order valence-electron chi connectivity index (χ2n) is 8.64. The number of urea groups is 1. The Bertz CT molecular complexity index is 1350. The molecule has 1 fully saturated rings. The number of amides is 4. The van der Waals surface area contributed by atoms with Crippen molar-refractivity contribution < 1.29 is 23.9 Å². The first-order chi connectivity index (χ1) is 17.8. The topological polar surface area (TPSA) is 97.0 Å². The number of carbonyl (C=O) groups excluding carboxylic acids is 3. The average Bonchev–Trinajstić information content (AvgIpc) is 3.14. The van der Waals surface area contributed by atoms with Gasteiger partial charge in [0.15, 0.2) is 18.1 Å². The molecule has 1 saturated heterocycles. The van der Waals surface area contributed by atoms with E-state index in [2.05, 4.69) is 10.6 Å². The van der Waals surface area contributed by atoms with Crippen LogP contribution in [-0.4, -0.2) is 36.0 Å². The number of carbonyl (C=O) groups is 3. The van der Waals surface area contributed by atoms with Gasteiger partial charge in [0, 0.05) is 5.69 Å². The van der Waals surface area contributed by atoms with Gasteiger partial charge in [0.1, 0.15) is 5.70 Å². The van der Waals surface area contributed by atoms with E-state index in [4.69, 9.17) is 9.47 Å². The molecule has 0 aliphatic carbocycles. The maximum atomic E-state index is 12.8. The molecule has 0 bridgehead atoms. The van der Waals surface area contributed by atoms with E-state index in [1.807, 2.05) is 69.3 Å². The second kappa shape index (κ2) is 11.4. The molecule has 3 aromatic rings. The van der Waals surface area contributed by atoms with Gasteiger partial charge in [-0.3, -0.25) is 14.5 Å². The number of benzene rings is 3. The lowest BCUT2D eigenvalue weighted by Crippen LogP contribution is -2.30. The molecule has 190 valence electrons. The van der Waals surface area contributed by atoms with Crippen LogP contribution in [0.1, 0.15) is 29.2 Å². The van der Waals surface area contributed by atoms with E-state index in [9.17, 15) is 14.4 Å². The molecular weight excluding hydrogens is 470 g/mol.